The van der Waals surface area contributed by atoms with Gasteiger partial charge in [-0.1, -0.05) is 0 Å². The van der Waals surface area contributed by atoms with E-state index in [4.69, 9.17) is 25.1 Å². The number of hydrogen-bond acceptors (Lipinski definition) is 10. The van der Waals surface area contributed by atoms with Crippen LogP contribution in [0.4, 0.5) is 0 Å². The van der Waals surface area contributed by atoms with Crippen molar-refractivity contribution in [2.24, 2.45) is 0 Å². The van der Waals surface area contributed by atoms with Crippen LogP contribution in [0.15, 0.2) is 14.4 Å². The van der Waals surface area contributed by atoms with E-state index in [0.717, 1.165) is 0 Å². The van der Waals surface area contributed by atoms with Gasteiger partial charge in [0.15, 0.2) is 12.4 Å². The number of phosphoric acid groups is 1. The number of phosphoric ester groups is 1. The SMILES string of the molecule is O=C[C@H](OP(=O)(O)O)[C@@H](O)[C@H](O)[C@H](O)CO.O=c1[nH]c(=O)c2[nH]c(=O)[nH]c2[nH]1. The van der Waals surface area contributed by atoms with E-state index in [9.17, 15) is 28.8 Å². The molecule has 0 bridgehead atoms. The number of H-pyrrole nitrogens is 4. The first-order valence-electron chi connectivity index (χ1n) is 7.18. The molecule has 28 heavy (non-hydrogen) atoms. The summed E-state index contributed by atoms with van der Waals surface area (Å²) in [4.78, 5) is 68.1. The van der Waals surface area contributed by atoms with Crippen molar-refractivity contribution in [1.29, 1.82) is 0 Å². The molecule has 0 unspecified atom stereocenters. The van der Waals surface area contributed by atoms with Gasteiger partial charge in [-0.3, -0.25) is 29.3 Å². The maximum absolute atomic E-state index is 10.9. The van der Waals surface area contributed by atoms with Gasteiger partial charge in [0.25, 0.3) is 5.56 Å². The Kier molecular flexibility index (Phi) is 8.15. The number of aliphatic hydroxyl groups excluding tert-OH is 4. The number of fused-ring (bicyclic) bond motifs is 1. The Morgan fingerprint density at radius 3 is 1.96 bits per heavy atom. The van der Waals surface area contributed by atoms with Crippen LogP contribution in [0.3, 0.4) is 0 Å². The van der Waals surface area contributed by atoms with Gasteiger partial charge in [-0.05, 0) is 0 Å². The molecular formula is C11H17N4O12P. The van der Waals surface area contributed by atoms with Crippen molar-refractivity contribution in [3.63, 3.8) is 0 Å². The second-order valence-electron chi connectivity index (χ2n) is 5.17. The fourth-order valence-electron chi connectivity index (χ4n) is 1.81. The van der Waals surface area contributed by atoms with Crippen molar-refractivity contribution in [3.8, 4) is 0 Å². The van der Waals surface area contributed by atoms with Crippen LogP contribution >= 0.6 is 7.82 Å². The third-order valence-corrected chi connectivity index (χ3v) is 3.60. The summed E-state index contributed by atoms with van der Waals surface area (Å²) in [5.74, 6) is 0. The molecule has 0 aliphatic rings. The minimum Gasteiger partial charge on any atom is -0.394 e. The highest BCUT2D eigenvalue weighted by Gasteiger charge is 2.35. The van der Waals surface area contributed by atoms with Gasteiger partial charge in [0.2, 0.25) is 0 Å². The molecule has 0 aliphatic carbocycles. The average molecular weight is 428 g/mol. The molecule has 158 valence electrons. The molecule has 2 aromatic heterocycles. The van der Waals surface area contributed by atoms with Crippen LogP contribution in [0.25, 0.3) is 11.2 Å². The smallest absolute Gasteiger partial charge is 0.394 e. The average Bonchev–Trinajstić information content (AvgIpc) is 2.98. The molecule has 0 aliphatic heterocycles. The number of aromatic amines is 4. The Morgan fingerprint density at radius 1 is 0.964 bits per heavy atom. The first kappa shape index (κ1) is 23.6. The van der Waals surface area contributed by atoms with Gasteiger partial charge in [0, 0.05) is 0 Å². The van der Waals surface area contributed by atoms with E-state index in [1.165, 1.54) is 0 Å². The lowest BCUT2D eigenvalue weighted by Crippen LogP contribution is -2.47. The fraction of sp³-hybridized carbons (Fsp3) is 0.455. The molecule has 2 heterocycles. The zero-order valence-corrected chi connectivity index (χ0v) is 14.6. The quantitative estimate of drug-likeness (QED) is 0.146. The second-order valence-corrected chi connectivity index (χ2v) is 6.36. The summed E-state index contributed by atoms with van der Waals surface area (Å²) in [6.45, 7) is -0.903. The second kappa shape index (κ2) is 9.67. The molecule has 0 spiro atoms. The molecule has 17 heteroatoms. The largest absolute Gasteiger partial charge is 0.470 e. The Balaban J connectivity index is 0.000000289. The van der Waals surface area contributed by atoms with Crippen molar-refractivity contribution in [3.05, 3.63) is 31.3 Å². The van der Waals surface area contributed by atoms with Crippen LogP contribution in [0.1, 0.15) is 0 Å². The van der Waals surface area contributed by atoms with Crippen LogP contribution in [0.5, 0.6) is 0 Å². The van der Waals surface area contributed by atoms with E-state index in [1.807, 2.05) is 4.98 Å². The number of nitrogens with one attached hydrogen (secondary N) is 4. The third kappa shape index (κ3) is 6.63. The highest BCUT2D eigenvalue weighted by atomic mass is 31.2. The molecule has 16 nitrogen and oxygen atoms in total. The van der Waals surface area contributed by atoms with Crippen molar-refractivity contribution >= 4 is 25.3 Å². The van der Waals surface area contributed by atoms with E-state index in [1.54, 1.807) is 0 Å². The number of imidazole rings is 1. The van der Waals surface area contributed by atoms with Crippen LogP contribution in [-0.2, 0) is 13.9 Å². The monoisotopic (exact) mass is 428 g/mol. The maximum atomic E-state index is 10.9. The van der Waals surface area contributed by atoms with Gasteiger partial charge >= 0.3 is 19.2 Å². The highest BCUT2D eigenvalue weighted by molar-refractivity contribution is 7.46. The summed E-state index contributed by atoms with van der Waals surface area (Å²) in [7, 11) is -5.02. The topological polar surface area (TPSA) is 279 Å². The summed E-state index contributed by atoms with van der Waals surface area (Å²) in [6, 6.07) is 0. The first-order valence-corrected chi connectivity index (χ1v) is 8.71. The molecule has 0 aromatic carbocycles. The Labute approximate surface area is 152 Å². The minimum atomic E-state index is -5.02. The van der Waals surface area contributed by atoms with Gasteiger partial charge in [0.1, 0.15) is 29.5 Å². The summed E-state index contributed by atoms with van der Waals surface area (Å²) in [5.41, 5.74) is -1.65. The predicted molar refractivity (Wildman–Crippen MR) is 88.2 cm³/mol. The van der Waals surface area contributed by atoms with Crippen LogP contribution in [-0.4, -0.2) is 87.5 Å². The number of aromatic nitrogens is 4. The standard InChI is InChI=1S/C6H13O9P.C5H4N4O3/c7-1-3(9)5(10)6(11)4(2-8)15-16(12,13)14;10-3-1-2(7-4(11)6-1)8-5(12)9-3/h2-7,9-11H,1H2,(H2,12,13,14);(H4,6,7,8,9,10,11,12)/t3-,4+,5-,6-;/m1./s1. The summed E-state index contributed by atoms with van der Waals surface area (Å²) in [6.07, 6.45) is -7.98. The molecule has 10 N–H and O–H groups in total. The zero-order chi connectivity index (χ0) is 21.6. The Bertz CT molecular complexity index is 1000. The third-order valence-electron chi connectivity index (χ3n) is 3.08. The number of aldehydes is 1. The summed E-state index contributed by atoms with van der Waals surface area (Å²) >= 11 is 0. The number of carbonyl (C=O) groups excluding carboxylic acids is 1. The summed E-state index contributed by atoms with van der Waals surface area (Å²) in [5, 5.41) is 35.7. The van der Waals surface area contributed by atoms with Crippen molar-refractivity contribution in [1.82, 2.24) is 19.9 Å². The normalized spacial score (nSPS) is 15.9. The molecule has 4 atom stereocenters. The number of hydrogen-bond donors (Lipinski definition) is 10. The van der Waals surface area contributed by atoms with Gasteiger partial charge in [-0.2, -0.15) is 0 Å². The molecule has 0 amide bonds. The number of aliphatic hydroxyl groups is 4. The van der Waals surface area contributed by atoms with Crippen molar-refractivity contribution in [2.45, 2.75) is 24.4 Å². The Morgan fingerprint density at radius 2 is 1.50 bits per heavy atom. The predicted octanol–water partition coefficient (Wildman–Crippen LogP) is -5.03. The van der Waals surface area contributed by atoms with Gasteiger partial charge in [-0.15, -0.1) is 0 Å². The van der Waals surface area contributed by atoms with Crippen LogP contribution < -0.4 is 16.9 Å². The van der Waals surface area contributed by atoms with Crippen molar-refractivity contribution < 1.29 is 44.1 Å². The molecule has 2 rings (SSSR count). The lowest BCUT2D eigenvalue weighted by Gasteiger charge is -2.25. The van der Waals surface area contributed by atoms with E-state index >= 15 is 0 Å². The van der Waals surface area contributed by atoms with E-state index in [2.05, 4.69) is 19.5 Å². The van der Waals surface area contributed by atoms with Crippen LogP contribution in [0.2, 0.25) is 0 Å². The van der Waals surface area contributed by atoms with E-state index in [-0.39, 0.29) is 17.5 Å². The number of rotatable bonds is 7. The van der Waals surface area contributed by atoms with Gasteiger partial charge in [0.05, 0.1) is 6.61 Å². The van der Waals surface area contributed by atoms with Gasteiger partial charge in [-0.25, -0.2) is 14.2 Å². The van der Waals surface area contributed by atoms with Crippen LogP contribution in [0, 0.1) is 0 Å². The molecule has 0 radical (unpaired) electrons. The molecule has 0 saturated carbocycles. The molecule has 0 fully saturated rings. The Hall–Kier alpha value is -2.43. The molecular weight excluding hydrogens is 411 g/mol. The summed E-state index contributed by atoms with van der Waals surface area (Å²) < 4.78 is 14.2. The lowest BCUT2D eigenvalue weighted by atomic mass is 10.0. The van der Waals surface area contributed by atoms with E-state index < -0.39 is 55.8 Å². The van der Waals surface area contributed by atoms with E-state index in [0.29, 0.717) is 0 Å². The molecule has 0 saturated heterocycles. The van der Waals surface area contributed by atoms with Crippen molar-refractivity contribution in [2.75, 3.05) is 6.61 Å². The highest BCUT2D eigenvalue weighted by Crippen LogP contribution is 2.38. The minimum absolute atomic E-state index is 0.0413. The fourth-order valence-corrected chi connectivity index (χ4v) is 2.31. The lowest BCUT2D eigenvalue weighted by molar-refractivity contribution is -0.135. The first-order chi connectivity index (χ1) is 12.9. The van der Waals surface area contributed by atoms with Gasteiger partial charge < -0.3 is 35.0 Å². The zero-order valence-electron chi connectivity index (χ0n) is 13.7. The maximum Gasteiger partial charge on any atom is 0.470 e. The number of carbonyl (C=O) groups is 1. The molecule has 2 aromatic rings.